The van der Waals surface area contributed by atoms with Crippen LogP contribution in [-0.2, 0) is 14.3 Å². The second kappa shape index (κ2) is 9.96. The third-order valence-corrected chi connectivity index (χ3v) is 4.42. The predicted octanol–water partition coefficient (Wildman–Crippen LogP) is 4.33. The number of carbonyl (C=O) groups excluding carboxylic acids is 1. The maximum absolute atomic E-state index is 11.7. The van der Waals surface area contributed by atoms with Gasteiger partial charge < -0.3 is 14.6 Å². The second-order valence-electron chi connectivity index (χ2n) is 8.03. The number of hydrogen-bond acceptors (Lipinski definition) is 4. The number of ether oxygens (including phenoxy) is 2. The molecule has 1 unspecified atom stereocenters. The zero-order chi connectivity index (χ0) is 19.0. The van der Waals surface area contributed by atoms with Crippen LogP contribution in [0, 0.1) is 5.41 Å². The van der Waals surface area contributed by atoms with Crippen LogP contribution in [0.25, 0.3) is 0 Å². The summed E-state index contributed by atoms with van der Waals surface area (Å²) < 4.78 is 11.3. The van der Waals surface area contributed by atoms with E-state index in [0.29, 0.717) is 19.4 Å². The number of aliphatic hydroxyl groups is 1. The fourth-order valence-electron chi connectivity index (χ4n) is 2.81. The van der Waals surface area contributed by atoms with Crippen LogP contribution in [0.15, 0.2) is 30.0 Å². The van der Waals surface area contributed by atoms with E-state index < -0.39 is 5.41 Å². The third kappa shape index (κ3) is 8.04. The molecule has 1 N–H and O–H groups in total. The average Bonchev–Trinajstić information content (AvgIpc) is 2.88. The number of rotatable bonds is 9. The highest BCUT2D eigenvalue weighted by Gasteiger charge is 2.29. The molecule has 1 aliphatic heterocycles. The van der Waals surface area contributed by atoms with E-state index in [0.717, 1.165) is 36.8 Å². The lowest BCUT2D eigenvalue weighted by Crippen LogP contribution is -2.23. The zero-order valence-corrected chi connectivity index (χ0v) is 16.3. The molecule has 1 fully saturated rings. The summed E-state index contributed by atoms with van der Waals surface area (Å²) in [4.78, 5) is 11.7. The molecule has 1 rings (SSSR count). The smallest absolute Gasteiger partial charge is 0.311 e. The van der Waals surface area contributed by atoms with Crippen molar-refractivity contribution in [3.63, 3.8) is 0 Å². The highest BCUT2D eigenvalue weighted by Crippen LogP contribution is 2.30. The van der Waals surface area contributed by atoms with Crippen molar-refractivity contribution in [1.29, 1.82) is 0 Å². The molecule has 1 saturated heterocycles. The summed E-state index contributed by atoms with van der Waals surface area (Å²) in [6.45, 7) is 15.6. The van der Waals surface area contributed by atoms with Crippen molar-refractivity contribution >= 4 is 5.97 Å². The zero-order valence-electron chi connectivity index (χ0n) is 16.3. The van der Waals surface area contributed by atoms with E-state index in [2.05, 4.69) is 18.9 Å². The second-order valence-corrected chi connectivity index (χ2v) is 8.03. The SMILES string of the molecule is C=C=C(C)C[C@H](O)CCC1O[C@@H](CCCOC(=O)C(C)(C)C)CC1=C. The van der Waals surface area contributed by atoms with Gasteiger partial charge in [-0.3, -0.25) is 4.79 Å². The minimum atomic E-state index is -0.455. The molecule has 25 heavy (non-hydrogen) atoms. The van der Waals surface area contributed by atoms with Gasteiger partial charge in [0.05, 0.1) is 30.3 Å². The van der Waals surface area contributed by atoms with E-state index >= 15 is 0 Å². The van der Waals surface area contributed by atoms with Gasteiger partial charge in [-0.1, -0.05) is 13.2 Å². The number of esters is 1. The van der Waals surface area contributed by atoms with Crippen molar-refractivity contribution < 1.29 is 19.4 Å². The molecule has 0 aliphatic carbocycles. The summed E-state index contributed by atoms with van der Waals surface area (Å²) in [5.41, 5.74) is 4.42. The summed E-state index contributed by atoms with van der Waals surface area (Å²) in [6, 6.07) is 0. The van der Waals surface area contributed by atoms with Crippen LogP contribution in [0.2, 0.25) is 0 Å². The lowest BCUT2D eigenvalue weighted by atomic mass is 9.97. The van der Waals surface area contributed by atoms with E-state index in [1.807, 2.05) is 27.7 Å². The molecule has 0 aromatic carbocycles. The van der Waals surface area contributed by atoms with Gasteiger partial charge in [0.2, 0.25) is 0 Å². The first-order chi connectivity index (χ1) is 11.6. The average molecular weight is 350 g/mol. The van der Waals surface area contributed by atoms with Crippen LogP contribution in [-0.4, -0.2) is 36.0 Å². The molecule has 4 heteroatoms. The van der Waals surface area contributed by atoms with Crippen LogP contribution in [0.1, 0.15) is 66.2 Å². The Kier molecular flexibility index (Phi) is 8.64. The highest BCUT2D eigenvalue weighted by molar-refractivity contribution is 5.75. The van der Waals surface area contributed by atoms with Gasteiger partial charge in [0.15, 0.2) is 0 Å². The summed E-state index contributed by atoms with van der Waals surface area (Å²) in [5.74, 6) is -0.167. The van der Waals surface area contributed by atoms with Crippen molar-refractivity contribution in [2.45, 2.75) is 84.5 Å². The summed E-state index contributed by atoms with van der Waals surface area (Å²) in [5, 5.41) is 10.0. The molecule has 1 aliphatic rings. The first kappa shape index (κ1) is 21.7. The fourth-order valence-corrected chi connectivity index (χ4v) is 2.81. The van der Waals surface area contributed by atoms with E-state index in [-0.39, 0.29) is 24.3 Å². The maximum Gasteiger partial charge on any atom is 0.311 e. The standard InChI is InChI=1S/C21H34O4/c1-7-15(2)13-17(22)10-11-19-16(3)14-18(25-19)9-8-12-24-20(23)21(4,5)6/h17-19,22H,1,3,8-14H2,2,4-6H3/t17-,18+,19?/m1/s1. The van der Waals surface area contributed by atoms with E-state index in [1.54, 1.807) is 0 Å². The molecule has 3 atom stereocenters. The molecule has 0 saturated carbocycles. The van der Waals surface area contributed by atoms with E-state index in [9.17, 15) is 9.90 Å². The van der Waals surface area contributed by atoms with Gasteiger partial charge in [-0.25, -0.2) is 0 Å². The van der Waals surface area contributed by atoms with Gasteiger partial charge in [-0.05, 0) is 70.9 Å². The number of hydrogen-bond donors (Lipinski definition) is 1. The van der Waals surface area contributed by atoms with Crippen molar-refractivity contribution in [2.75, 3.05) is 6.61 Å². The van der Waals surface area contributed by atoms with Crippen LogP contribution >= 0.6 is 0 Å². The van der Waals surface area contributed by atoms with E-state index in [4.69, 9.17) is 9.47 Å². The minimum Gasteiger partial charge on any atom is -0.465 e. The van der Waals surface area contributed by atoms with Crippen LogP contribution in [0.3, 0.4) is 0 Å². The topological polar surface area (TPSA) is 55.8 Å². The normalized spacial score (nSPS) is 21.7. The molecule has 0 spiro atoms. The first-order valence-electron chi connectivity index (χ1n) is 9.17. The van der Waals surface area contributed by atoms with Crippen LogP contribution < -0.4 is 0 Å². The lowest BCUT2D eigenvalue weighted by Gasteiger charge is -2.18. The molecule has 4 nitrogen and oxygen atoms in total. The third-order valence-electron chi connectivity index (χ3n) is 4.42. The molecule has 0 bridgehead atoms. The van der Waals surface area contributed by atoms with Gasteiger partial charge in [0, 0.05) is 6.42 Å². The first-order valence-corrected chi connectivity index (χ1v) is 9.17. The Morgan fingerprint density at radius 1 is 1.44 bits per heavy atom. The van der Waals surface area contributed by atoms with Gasteiger partial charge >= 0.3 is 5.97 Å². The maximum atomic E-state index is 11.7. The molecule has 0 amide bonds. The lowest BCUT2D eigenvalue weighted by molar-refractivity contribution is -0.153. The van der Waals surface area contributed by atoms with Gasteiger partial charge in [-0.15, -0.1) is 5.73 Å². The van der Waals surface area contributed by atoms with Crippen molar-refractivity contribution in [3.05, 3.63) is 30.0 Å². The monoisotopic (exact) mass is 350 g/mol. The summed E-state index contributed by atoms with van der Waals surface area (Å²) >= 11 is 0. The van der Waals surface area contributed by atoms with Crippen molar-refractivity contribution in [3.8, 4) is 0 Å². The Labute approximate surface area is 152 Å². The largest absolute Gasteiger partial charge is 0.465 e. The molecule has 0 aromatic heterocycles. The minimum absolute atomic E-state index is 0.0183. The Bertz CT molecular complexity index is 508. The number of carbonyl (C=O) groups is 1. The Hall–Kier alpha value is -1.35. The van der Waals surface area contributed by atoms with Crippen molar-refractivity contribution in [1.82, 2.24) is 0 Å². The van der Waals surface area contributed by atoms with Gasteiger partial charge in [0.1, 0.15) is 0 Å². The van der Waals surface area contributed by atoms with E-state index in [1.165, 1.54) is 0 Å². The summed E-state index contributed by atoms with van der Waals surface area (Å²) in [7, 11) is 0. The van der Waals surface area contributed by atoms with Crippen LogP contribution in [0.4, 0.5) is 0 Å². The Morgan fingerprint density at radius 3 is 2.72 bits per heavy atom. The Balaban J connectivity index is 2.25. The number of aliphatic hydroxyl groups excluding tert-OH is 1. The fraction of sp³-hybridized carbons (Fsp3) is 0.714. The van der Waals surface area contributed by atoms with Crippen molar-refractivity contribution in [2.24, 2.45) is 5.41 Å². The molecule has 142 valence electrons. The summed E-state index contributed by atoms with van der Waals surface area (Å²) in [6.07, 6.45) is 4.32. The molecule has 1 heterocycles. The molecular weight excluding hydrogens is 316 g/mol. The van der Waals surface area contributed by atoms with Gasteiger partial charge in [0.25, 0.3) is 0 Å². The molecular formula is C21H34O4. The predicted molar refractivity (Wildman–Crippen MR) is 100 cm³/mol. The quantitative estimate of drug-likeness (QED) is 0.291. The molecule has 0 aromatic rings. The highest BCUT2D eigenvalue weighted by atomic mass is 16.5. The van der Waals surface area contributed by atoms with Crippen LogP contribution in [0.5, 0.6) is 0 Å². The molecule has 0 radical (unpaired) electrons. The van der Waals surface area contributed by atoms with Gasteiger partial charge in [-0.2, -0.15) is 0 Å². The Morgan fingerprint density at radius 2 is 2.12 bits per heavy atom.